The number of carbonyl (C=O) groups excluding carboxylic acids is 1. The fourth-order valence-electron chi connectivity index (χ4n) is 2.01. The van der Waals surface area contributed by atoms with Gasteiger partial charge in [-0.1, -0.05) is 19.1 Å². The molecule has 1 amide bonds. The van der Waals surface area contributed by atoms with Crippen molar-refractivity contribution in [3.8, 4) is 5.75 Å². The molecule has 0 spiro atoms. The van der Waals surface area contributed by atoms with Gasteiger partial charge >= 0.3 is 0 Å². The van der Waals surface area contributed by atoms with Crippen molar-refractivity contribution >= 4 is 11.6 Å². The molecule has 1 unspecified atom stereocenters. The number of hydrogen-bond acceptors (Lipinski definition) is 4. The van der Waals surface area contributed by atoms with Gasteiger partial charge in [0.25, 0.3) is 0 Å². The number of hydrogen-bond donors (Lipinski definition) is 3. The molecule has 0 fully saturated rings. The van der Waals surface area contributed by atoms with Crippen molar-refractivity contribution in [2.24, 2.45) is 5.73 Å². The first-order valence-corrected chi connectivity index (χ1v) is 6.44. The van der Waals surface area contributed by atoms with Gasteiger partial charge in [-0.15, -0.1) is 0 Å². The van der Waals surface area contributed by atoms with Crippen molar-refractivity contribution in [3.63, 3.8) is 0 Å². The molecule has 20 heavy (non-hydrogen) atoms. The van der Waals surface area contributed by atoms with E-state index < -0.39 is 5.91 Å². The van der Waals surface area contributed by atoms with Crippen LogP contribution < -0.4 is 11.1 Å². The second kappa shape index (κ2) is 6.10. The number of phenolic OH excluding ortho intramolecular Hbond substituents is 1. The van der Waals surface area contributed by atoms with Crippen LogP contribution in [-0.4, -0.2) is 20.8 Å². The maximum atomic E-state index is 10.8. The van der Waals surface area contributed by atoms with E-state index in [1.54, 1.807) is 24.5 Å². The van der Waals surface area contributed by atoms with Crippen molar-refractivity contribution in [2.45, 2.75) is 25.9 Å². The van der Waals surface area contributed by atoms with E-state index in [9.17, 15) is 9.90 Å². The molecule has 0 aliphatic carbocycles. The Morgan fingerprint density at radius 2 is 2.15 bits per heavy atom. The lowest BCUT2D eigenvalue weighted by Gasteiger charge is -2.17. The molecule has 0 saturated heterocycles. The molecule has 1 aromatic carbocycles. The smallest absolute Gasteiger partial charge is 0.239 e. The van der Waals surface area contributed by atoms with E-state index >= 15 is 0 Å². The van der Waals surface area contributed by atoms with Crippen molar-refractivity contribution in [3.05, 3.63) is 42.2 Å². The third-order valence-corrected chi connectivity index (χ3v) is 3.00. The molecule has 2 aromatic rings. The van der Waals surface area contributed by atoms with E-state index in [0.29, 0.717) is 0 Å². The van der Waals surface area contributed by atoms with Gasteiger partial charge in [-0.05, 0) is 24.1 Å². The van der Waals surface area contributed by atoms with E-state index in [1.165, 1.54) is 4.68 Å². The van der Waals surface area contributed by atoms with Crippen LogP contribution in [0.4, 0.5) is 5.69 Å². The molecule has 0 bridgehead atoms. The third kappa shape index (κ3) is 3.50. The minimum atomic E-state index is -0.426. The van der Waals surface area contributed by atoms with Crippen molar-refractivity contribution < 1.29 is 9.90 Å². The van der Waals surface area contributed by atoms with Crippen LogP contribution in [0.25, 0.3) is 0 Å². The molecular weight excluding hydrogens is 256 g/mol. The number of amides is 1. The summed E-state index contributed by atoms with van der Waals surface area (Å²) in [7, 11) is 0. The number of primary amides is 1. The van der Waals surface area contributed by atoms with Gasteiger partial charge in [-0.25, -0.2) is 0 Å². The second-order valence-corrected chi connectivity index (χ2v) is 4.59. The molecule has 0 saturated carbocycles. The predicted molar refractivity (Wildman–Crippen MR) is 76.2 cm³/mol. The monoisotopic (exact) mass is 274 g/mol. The van der Waals surface area contributed by atoms with Gasteiger partial charge < -0.3 is 16.2 Å². The molecule has 0 aliphatic heterocycles. The fraction of sp³-hybridized carbons (Fsp3) is 0.286. The third-order valence-electron chi connectivity index (χ3n) is 3.00. The lowest BCUT2D eigenvalue weighted by molar-refractivity contribution is -0.118. The summed E-state index contributed by atoms with van der Waals surface area (Å²) in [6.45, 7) is 2.13. The summed E-state index contributed by atoms with van der Waals surface area (Å²) in [5.41, 5.74) is 7.02. The predicted octanol–water partition coefficient (Wildman–Crippen LogP) is 1.64. The molecule has 6 nitrogen and oxygen atoms in total. The van der Waals surface area contributed by atoms with Crippen LogP contribution in [0.5, 0.6) is 5.75 Å². The van der Waals surface area contributed by atoms with Gasteiger partial charge in [0, 0.05) is 6.20 Å². The maximum absolute atomic E-state index is 10.8. The lowest BCUT2D eigenvalue weighted by atomic mass is 10.0. The van der Waals surface area contributed by atoms with Gasteiger partial charge in [0.05, 0.1) is 17.9 Å². The highest BCUT2D eigenvalue weighted by Crippen LogP contribution is 2.23. The standard InChI is InChI=1S/C14H18N4O2/c1-2-13(10-3-5-12(19)6-4-10)17-11-7-16-18(8-11)9-14(15)20/h3-8,13,17,19H,2,9H2,1H3,(H2,15,20). The summed E-state index contributed by atoms with van der Waals surface area (Å²) in [6.07, 6.45) is 4.28. The fourth-order valence-corrected chi connectivity index (χ4v) is 2.01. The van der Waals surface area contributed by atoms with E-state index in [1.807, 2.05) is 12.1 Å². The minimum absolute atomic E-state index is 0.0671. The number of nitrogens with two attached hydrogens (primary N) is 1. The average Bonchev–Trinajstić information content (AvgIpc) is 2.83. The summed E-state index contributed by atoms with van der Waals surface area (Å²) in [5, 5.41) is 16.7. The average molecular weight is 274 g/mol. The van der Waals surface area contributed by atoms with Crippen LogP contribution in [0.1, 0.15) is 24.9 Å². The molecule has 1 aromatic heterocycles. The van der Waals surface area contributed by atoms with Gasteiger partial charge in [-0.3, -0.25) is 9.48 Å². The molecule has 4 N–H and O–H groups in total. The van der Waals surface area contributed by atoms with Crippen LogP contribution >= 0.6 is 0 Å². The number of nitrogens with one attached hydrogen (secondary N) is 1. The molecule has 0 radical (unpaired) electrons. The number of benzene rings is 1. The van der Waals surface area contributed by atoms with Crippen molar-refractivity contribution in [2.75, 3.05) is 5.32 Å². The zero-order valence-corrected chi connectivity index (χ0v) is 11.3. The number of nitrogens with zero attached hydrogens (tertiary/aromatic N) is 2. The Bertz CT molecular complexity index is 577. The summed E-state index contributed by atoms with van der Waals surface area (Å²) < 4.78 is 1.49. The Kier molecular flexibility index (Phi) is 4.24. The Balaban J connectivity index is 2.08. The highest BCUT2D eigenvalue weighted by molar-refractivity contribution is 5.73. The molecule has 0 aliphatic rings. The van der Waals surface area contributed by atoms with Gasteiger partial charge in [0.1, 0.15) is 12.3 Å². The highest BCUT2D eigenvalue weighted by Gasteiger charge is 2.10. The van der Waals surface area contributed by atoms with Crippen LogP contribution in [0.2, 0.25) is 0 Å². The Morgan fingerprint density at radius 3 is 2.75 bits per heavy atom. The number of aromatic nitrogens is 2. The van der Waals surface area contributed by atoms with E-state index in [0.717, 1.165) is 17.7 Å². The van der Waals surface area contributed by atoms with Crippen LogP contribution in [0.3, 0.4) is 0 Å². The van der Waals surface area contributed by atoms with Crippen molar-refractivity contribution in [1.82, 2.24) is 9.78 Å². The van der Waals surface area contributed by atoms with Crippen LogP contribution in [0.15, 0.2) is 36.7 Å². The number of phenols is 1. The van der Waals surface area contributed by atoms with Gasteiger partial charge in [0.15, 0.2) is 0 Å². The number of aromatic hydroxyl groups is 1. The minimum Gasteiger partial charge on any atom is -0.508 e. The molecule has 106 valence electrons. The Hall–Kier alpha value is -2.50. The number of carbonyl (C=O) groups is 1. The van der Waals surface area contributed by atoms with E-state index in [4.69, 9.17) is 5.73 Å². The first-order valence-electron chi connectivity index (χ1n) is 6.44. The quantitative estimate of drug-likeness (QED) is 0.746. The Morgan fingerprint density at radius 1 is 1.45 bits per heavy atom. The molecular formula is C14H18N4O2. The topological polar surface area (TPSA) is 93.2 Å². The molecule has 1 heterocycles. The van der Waals surface area contributed by atoms with Crippen molar-refractivity contribution in [1.29, 1.82) is 0 Å². The zero-order chi connectivity index (χ0) is 14.5. The molecule has 1 atom stereocenters. The number of rotatable bonds is 6. The largest absolute Gasteiger partial charge is 0.508 e. The van der Waals surface area contributed by atoms with Gasteiger partial charge in [0.2, 0.25) is 5.91 Å². The Labute approximate surface area is 117 Å². The van der Waals surface area contributed by atoms with Crippen LogP contribution in [-0.2, 0) is 11.3 Å². The van der Waals surface area contributed by atoms with Crippen LogP contribution in [0, 0.1) is 0 Å². The first-order chi connectivity index (χ1) is 9.58. The normalized spacial score (nSPS) is 12.1. The second-order valence-electron chi connectivity index (χ2n) is 4.59. The summed E-state index contributed by atoms with van der Waals surface area (Å²) in [6, 6.07) is 7.20. The summed E-state index contributed by atoms with van der Waals surface area (Å²) >= 11 is 0. The summed E-state index contributed by atoms with van der Waals surface area (Å²) in [4.78, 5) is 10.8. The lowest BCUT2D eigenvalue weighted by Crippen LogP contribution is -2.18. The van der Waals surface area contributed by atoms with E-state index in [2.05, 4.69) is 17.3 Å². The highest BCUT2D eigenvalue weighted by atomic mass is 16.3. The molecule has 6 heteroatoms. The van der Waals surface area contributed by atoms with E-state index in [-0.39, 0.29) is 18.3 Å². The number of anilines is 1. The first kappa shape index (κ1) is 13.9. The zero-order valence-electron chi connectivity index (χ0n) is 11.3. The summed E-state index contributed by atoms with van der Waals surface area (Å²) in [5.74, 6) is -0.178. The van der Waals surface area contributed by atoms with Gasteiger partial charge in [-0.2, -0.15) is 5.10 Å². The maximum Gasteiger partial charge on any atom is 0.239 e. The SMILES string of the molecule is CCC(Nc1cnn(CC(N)=O)c1)c1ccc(O)cc1. The molecule has 2 rings (SSSR count).